The number of halogens is 2. The van der Waals surface area contributed by atoms with Crippen LogP contribution in [0.4, 0.5) is 14.8 Å². The second-order valence-electron chi connectivity index (χ2n) is 7.21. The lowest BCUT2D eigenvalue weighted by Crippen LogP contribution is -2.47. The number of ether oxygens (including phenoxy) is 1. The van der Waals surface area contributed by atoms with E-state index in [4.69, 9.17) is 9.26 Å². The van der Waals surface area contributed by atoms with Crippen LogP contribution in [0.1, 0.15) is 17.0 Å². The number of nitrogens with zero attached hydrogens (tertiary/aromatic N) is 5. The van der Waals surface area contributed by atoms with Crippen molar-refractivity contribution in [2.24, 2.45) is 0 Å². The molecule has 30 heavy (non-hydrogen) atoms. The maximum atomic E-state index is 13.4. The zero-order chi connectivity index (χ0) is 20.9. The Labute approximate surface area is 173 Å². The van der Waals surface area contributed by atoms with Crippen molar-refractivity contribution in [2.75, 3.05) is 44.7 Å². The summed E-state index contributed by atoms with van der Waals surface area (Å²) in [5.74, 6) is -0.673. The first-order valence-electron chi connectivity index (χ1n) is 9.83. The van der Waals surface area contributed by atoms with Crippen LogP contribution in [0.25, 0.3) is 0 Å². The topological polar surface area (TPSA) is 67.5 Å². The molecule has 0 N–H and O–H groups in total. The largest absolute Gasteiger partial charge is 0.481 e. The Balaban J connectivity index is 1.26. The Morgan fingerprint density at radius 1 is 1.03 bits per heavy atom. The van der Waals surface area contributed by atoms with E-state index >= 15 is 0 Å². The summed E-state index contributed by atoms with van der Waals surface area (Å²) in [4.78, 5) is 13.1. The highest BCUT2D eigenvalue weighted by Gasteiger charge is 2.21. The molecule has 1 saturated heterocycles. The number of hydrogen-bond donors (Lipinski definition) is 0. The van der Waals surface area contributed by atoms with Crippen molar-refractivity contribution < 1.29 is 18.0 Å². The monoisotopic (exact) mass is 415 g/mol. The lowest BCUT2D eigenvalue weighted by molar-refractivity contribution is 0.253. The predicted octanol–water partition coefficient (Wildman–Crippen LogP) is 2.71. The van der Waals surface area contributed by atoms with Crippen LogP contribution in [-0.4, -0.2) is 59.9 Å². The van der Waals surface area contributed by atoms with E-state index in [0.29, 0.717) is 23.3 Å². The third-order valence-electron chi connectivity index (χ3n) is 5.17. The van der Waals surface area contributed by atoms with Crippen molar-refractivity contribution in [3.63, 3.8) is 0 Å². The van der Waals surface area contributed by atoms with Crippen LogP contribution >= 0.6 is 0 Å². The third kappa shape index (κ3) is 4.91. The van der Waals surface area contributed by atoms with Crippen LogP contribution in [0.5, 0.6) is 5.88 Å². The molecule has 7 nitrogen and oxygen atoms in total. The number of methoxy groups -OCH3 is 1. The average molecular weight is 415 g/mol. The van der Waals surface area contributed by atoms with Crippen LogP contribution in [0.2, 0.25) is 0 Å². The van der Waals surface area contributed by atoms with Crippen molar-refractivity contribution in [2.45, 2.75) is 12.8 Å². The van der Waals surface area contributed by atoms with Gasteiger partial charge >= 0.3 is 6.01 Å². The number of hydrogen-bond acceptors (Lipinski definition) is 7. The second-order valence-corrected chi connectivity index (χ2v) is 7.21. The van der Waals surface area contributed by atoms with E-state index in [-0.39, 0.29) is 6.42 Å². The van der Waals surface area contributed by atoms with E-state index in [0.717, 1.165) is 51.3 Å². The molecule has 1 aromatic carbocycles. The van der Waals surface area contributed by atoms with Gasteiger partial charge in [-0.1, -0.05) is 17.3 Å². The zero-order valence-electron chi connectivity index (χ0n) is 16.7. The van der Waals surface area contributed by atoms with Crippen molar-refractivity contribution in [1.29, 1.82) is 0 Å². The van der Waals surface area contributed by atoms with Gasteiger partial charge in [0.2, 0.25) is 5.88 Å². The normalized spacial score (nSPS) is 14.8. The number of anilines is 1. The fourth-order valence-corrected chi connectivity index (χ4v) is 3.41. The molecule has 0 spiro atoms. The quantitative estimate of drug-likeness (QED) is 0.588. The van der Waals surface area contributed by atoms with Crippen molar-refractivity contribution >= 4 is 6.01 Å². The molecule has 2 aromatic heterocycles. The Kier molecular flexibility index (Phi) is 6.18. The van der Waals surface area contributed by atoms with Crippen LogP contribution < -0.4 is 9.64 Å². The van der Waals surface area contributed by atoms with Gasteiger partial charge in [-0.25, -0.2) is 13.8 Å². The highest BCUT2D eigenvalue weighted by molar-refractivity contribution is 5.28. The van der Waals surface area contributed by atoms with Crippen molar-refractivity contribution in [3.05, 3.63) is 65.1 Å². The molecule has 3 aromatic rings. The minimum absolute atomic E-state index is 0.288. The van der Waals surface area contributed by atoms with Crippen molar-refractivity contribution in [1.82, 2.24) is 20.0 Å². The van der Waals surface area contributed by atoms with E-state index in [1.165, 1.54) is 11.6 Å². The molecule has 0 radical (unpaired) electrons. The summed E-state index contributed by atoms with van der Waals surface area (Å²) >= 11 is 0. The molecule has 158 valence electrons. The average Bonchev–Trinajstić information content (AvgIpc) is 3.24. The molecule has 3 heterocycles. The number of benzene rings is 1. The summed E-state index contributed by atoms with van der Waals surface area (Å²) in [5.41, 5.74) is 1.77. The maximum Gasteiger partial charge on any atom is 0.324 e. The summed E-state index contributed by atoms with van der Waals surface area (Å²) in [7, 11) is 1.61. The van der Waals surface area contributed by atoms with Gasteiger partial charge in [-0.05, 0) is 29.7 Å². The molecule has 1 aliphatic heterocycles. The minimum Gasteiger partial charge on any atom is -0.481 e. The first-order chi connectivity index (χ1) is 14.6. The molecule has 0 saturated carbocycles. The molecule has 0 aliphatic carbocycles. The molecule has 0 amide bonds. The van der Waals surface area contributed by atoms with Crippen molar-refractivity contribution in [3.8, 4) is 5.88 Å². The van der Waals surface area contributed by atoms with Gasteiger partial charge < -0.3 is 14.2 Å². The zero-order valence-corrected chi connectivity index (χ0v) is 16.7. The Morgan fingerprint density at radius 3 is 2.53 bits per heavy atom. The van der Waals surface area contributed by atoms with E-state index < -0.39 is 11.6 Å². The van der Waals surface area contributed by atoms with Gasteiger partial charge in [-0.3, -0.25) is 4.90 Å². The Morgan fingerprint density at radius 2 is 1.83 bits per heavy atom. The number of piperazine rings is 1. The van der Waals surface area contributed by atoms with Gasteiger partial charge in [-0.2, -0.15) is 4.98 Å². The van der Waals surface area contributed by atoms with Gasteiger partial charge in [0.15, 0.2) is 17.5 Å². The van der Waals surface area contributed by atoms with Crippen LogP contribution in [0, 0.1) is 11.6 Å². The molecule has 0 atom stereocenters. The van der Waals surface area contributed by atoms with E-state index in [2.05, 4.69) is 20.0 Å². The van der Waals surface area contributed by atoms with Gasteiger partial charge in [0.1, 0.15) is 0 Å². The third-order valence-corrected chi connectivity index (χ3v) is 5.17. The maximum absolute atomic E-state index is 13.4. The molecule has 9 heteroatoms. The van der Waals surface area contributed by atoms with E-state index in [1.54, 1.807) is 7.11 Å². The lowest BCUT2D eigenvalue weighted by Gasteiger charge is -2.33. The smallest absolute Gasteiger partial charge is 0.324 e. The highest BCUT2D eigenvalue weighted by atomic mass is 19.2. The summed E-state index contributed by atoms with van der Waals surface area (Å²) in [6, 6.07) is 8.16. The second kappa shape index (κ2) is 9.17. The standard InChI is InChI=1S/C21H23F2N5O2/c1-29-20-5-3-15(14-24-20)6-7-27-8-10-28(11-9-27)21-25-19(26-30-21)13-16-2-4-17(22)18(23)12-16/h2-5,12,14H,6-11,13H2,1H3. The van der Waals surface area contributed by atoms with Gasteiger partial charge in [0.05, 0.1) is 7.11 Å². The number of rotatable bonds is 7. The van der Waals surface area contributed by atoms with E-state index in [1.807, 2.05) is 23.2 Å². The number of pyridine rings is 1. The minimum atomic E-state index is -0.877. The summed E-state index contributed by atoms with van der Waals surface area (Å²) in [6.45, 7) is 4.31. The fraction of sp³-hybridized carbons (Fsp3) is 0.381. The van der Waals surface area contributed by atoms with Gasteiger partial charge in [0.25, 0.3) is 0 Å². The fourth-order valence-electron chi connectivity index (χ4n) is 3.41. The molecule has 0 bridgehead atoms. The first kappa shape index (κ1) is 20.2. The van der Waals surface area contributed by atoms with E-state index in [9.17, 15) is 8.78 Å². The van der Waals surface area contributed by atoms with Gasteiger partial charge in [0, 0.05) is 51.4 Å². The van der Waals surface area contributed by atoms with Crippen LogP contribution in [0.3, 0.4) is 0 Å². The van der Waals surface area contributed by atoms with Gasteiger partial charge in [-0.15, -0.1) is 0 Å². The summed E-state index contributed by atoms with van der Waals surface area (Å²) < 4.78 is 36.9. The summed E-state index contributed by atoms with van der Waals surface area (Å²) in [5, 5.41) is 3.97. The molecular weight excluding hydrogens is 392 g/mol. The SMILES string of the molecule is COc1ccc(CCN2CCN(c3nc(Cc4ccc(F)c(F)c4)no3)CC2)cn1. The molecular formula is C21H23F2N5O2. The van der Waals surface area contributed by atoms with Crippen LogP contribution in [0.15, 0.2) is 41.1 Å². The molecule has 1 fully saturated rings. The number of aromatic nitrogens is 3. The van der Waals surface area contributed by atoms with Crippen LogP contribution in [-0.2, 0) is 12.8 Å². The molecule has 0 unspecified atom stereocenters. The Hall–Kier alpha value is -3.07. The summed E-state index contributed by atoms with van der Waals surface area (Å²) in [6.07, 6.45) is 3.06. The lowest BCUT2D eigenvalue weighted by atomic mass is 10.1. The molecule has 4 rings (SSSR count). The highest BCUT2D eigenvalue weighted by Crippen LogP contribution is 2.17. The Bertz CT molecular complexity index is 972. The first-order valence-corrected chi connectivity index (χ1v) is 9.83. The molecule has 1 aliphatic rings. The predicted molar refractivity (Wildman–Crippen MR) is 107 cm³/mol.